The van der Waals surface area contributed by atoms with Gasteiger partial charge in [0.2, 0.25) is 15.9 Å². The lowest BCUT2D eigenvalue weighted by molar-refractivity contribution is -0.117. The quantitative estimate of drug-likeness (QED) is 0.744. The highest BCUT2D eigenvalue weighted by Gasteiger charge is 2.18. The number of hydrogen-bond acceptors (Lipinski definition) is 4. The van der Waals surface area contributed by atoms with Crippen LogP contribution in [0.15, 0.2) is 23.1 Å². The van der Waals surface area contributed by atoms with Crippen molar-refractivity contribution < 1.29 is 13.2 Å². The Morgan fingerprint density at radius 1 is 1.30 bits per heavy atom. The Hall–Kier alpha value is -1.15. The highest BCUT2D eigenvalue weighted by molar-refractivity contribution is 7.89. The van der Waals surface area contributed by atoms with Crippen LogP contribution in [0.2, 0.25) is 0 Å². The molecule has 1 heterocycles. The fraction of sp³-hybridized carbons (Fsp3) is 0.533. The third-order valence-corrected chi connectivity index (χ3v) is 5.52. The Balaban J connectivity index is 0.00000264. The first-order valence-corrected chi connectivity index (χ1v) is 8.95. The summed E-state index contributed by atoms with van der Waals surface area (Å²) in [7, 11) is -2.15. The molecular formula is C15H24ClN3O3S. The van der Waals surface area contributed by atoms with Crippen LogP contribution in [-0.2, 0) is 14.8 Å². The summed E-state index contributed by atoms with van der Waals surface area (Å²) in [5.41, 5.74) is 1.16. The lowest BCUT2D eigenvalue weighted by atomic mass is 9.94. The van der Waals surface area contributed by atoms with E-state index in [2.05, 4.69) is 15.4 Å². The largest absolute Gasteiger partial charge is 0.326 e. The van der Waals surface area contributed by atoms with Crippen LogP contribution in [0.4, 0.5) is 5.69 Å². The molecule has 2 rings (SSSR count). The average Bonchev–Trinajstić information content (AvgIpc) is 2.50. The van der Waals surface area contributed by atoms with E-state index in [0.717, 1.165) is 25.9 Å². The molecule has 0 unspecified atom stereocenters. The first-order valence-electron chi connectivity index (χ1n) is 7.47. The van der Waals surface area contributed by atoms with Crippen molar-refractivity contribution in [2.45, 2.75) is 31.1 Å². The number of amides is 1. The maximum atomic E-state index is 12.1. The minimum absolute atomic E-state index is 0. The Labute approximate surface area is 143 Å². The van der Waals surface area contributed by atoms with Crippen LogP contribution in [0, 0.1) is 12.8 Å². The molecule has 0 radical (unpaired) electrons. The fourth-order valence-corrected chi connectivity index (χ4v) is 3.63. The second kappa shape index (κ2) is 8.63. The molecule has 0 atom stereocenters. The molecule has 1 aliphatic rings. The number of rotatable bonds is 5. The van der Waals surface area contributed by atoms with Crippen LogP contribution < -0.4 is 15.4 Å². The molecule has 0 aromatic heterocycles. The summed E-state index contributed by atoms with van der Waals surface area (Å²) in [6, 6.07) is 4.93. The topological polar surface area (TPSA) is 87.3 Å². The summed E-state index contributed by atoms with van der Waals surface area (Å²) in [6.07, 6.45) is 2.48. The number of sulfonamides is 1. The smallest absolute Gasteiger partial charge is 0.240 e. The van der Waals surface area contributed by atoms with E-state index in [1.54, 1.807) is 19.1 Å². The van der Waals surface area contributed by atoms with Crippen molar-refractivity contribution in [2.24, 2.45) is 5.92 Å². The molecule has 1 saturated heterocycles. The van der Waals surface area contributed by atoms with Gasteiger partial charge < -0.3 is 10.6 Å². The second-order valence-electron chi connectivity index (χ2n) is 5.63. The van der Waals surface area contributed by atoms with Gasteiger partial charge in [0.05, 0.1) is 4.90 Å². The standard InChI is InChI=1S/C15H23N3O3S.ClH/c1-11-3-4-13(10-14(11)22(20,21)16-2)18-15(19)9-12-5-7-17-8-6-12;/h3-4,10,12,16-17H,5-9H2,1-2H3,(H,18,19);1H. The predicted molar refractivity (Wildman–Crippen MR) is 93.5 cm³/mol. The molecule has 23 heavy (non-hydrogen) atoms. The van der Waals surface area contributed by atoms with Crippen molar-refractivity contribution in [3.63, 3.8) is 0 Å². The van der Waals surface area contributed by atoms with Crippen molar-refractivity contribution in [1.82, 2.24) is 10.0 Å². The predicted octanol–water partition coefficient (Wildman–Crippen LogP) is 1.65. The van der Waals surface area contributed by atoms with Gasteiger partial charge in [-0.05, 0) is 63.5 Å². The van der Waals surface area contributed by atoms with Crippen LogP contribution in [0.5, 0.6) is 0 Å². The molecule has 0 bridgehead atoms. The van der Waals surface area contributed by atoms with Gasteiger partial charge >= 0.3 is 0 Å². The molecule has 3 N–H and O–H groups in total. The minimum atomic E-state index is -3.52. The molecule has 1 aliphatic heterocycles. The van der Waals surface area contributed by atoms with Crippen molar-refractivity contribution in [3.05, 3.63) is 23.8 Å². The van der Waals surface area contributed by atoms with Crippen molar-refractivity contribution in [2.75, 3.05) is 25.5 Å². The maximum Gasteiger partial charge on any atom is 0.240 e. The van der Waals surface area contributed by atoms with Gasteiger partial charge in [0.1, 0.15) is 0 Å². The fourth-order valence-electron chi connectivity index (χ4n) is 2.64. The maximum absolute atomic E-state index is 12.1. The summed E-state index contributed by atoms with van der Waals surface area (Å²) < 4.78 is 26.2. The van der Waals surface area contributed by atoms with Crippen LogP contribution in [-0.4, -0.2) is 34.5 Å². The zero-order valence-electron chi connectivity index (χ0n) is 13.4. The van der Waals surface area contributed by atoms with Crippen LogP contribution in [0.25, 0.3) is 0 Å². The van der Waals surface area contributed by atoms with Crippen molar-refractivity contribution in [3.8, 4) is 0 Å². The highest BCUT2D eigenvalue weighted by Crippen LogP contribution is 2.21. The van der Waals surface area contributed by atoms with E-state index in [9.17, 15) is 13.2 Å². The van der Waals surface area contributed by atoms with Crippen molar-refractivity contribution >= 4 is 34.0 Å². The molecule has 1 aromatic carbocycles. The van der Waals surface area contributed by atoms with Crippen LogP contribution >= 0.6 is 12.4 Å². The number of benzene rings is 1. The zero-order valence-corrected chi connectivity index (χ0v) is 15.0. The second-order valence-corrected chi connectivity index (χ2v) is 7.49. The number of carbonyl (C=O) groups is 1. The van der Waals surface area contributed by atoms with Gasteiger partial charge in [-0.2, -0.15) is 0 Å². The SMILES string of the molecule is CNS(=O)(=O)c1cc(NC(=O)CC2CCNCC2)ccc1C.Cl. The Bertz CT molecular complexity index is 643. The van der Waals surface area contributed by atoms with E-state index in [1.165, 1.54) is 13.1 Å². The molecule has 8 heteroatoms. The summed E-state index contributed by atoms with van der Waals surface area (Å²) >= 11 is 0. The Morgan fingerprint density at radius 2 is 1.96 bits per heavy atom. The first-order chi connectivity index (χ1) is 10.4. The van der Waals surface area contributed by atoms with E-state index in [0.29, 0.717) is 23.6 Å². The Morgan fingerprint density at radius 3 is 2.57 bits per heavy atom. The number of nitrogens with one attached hydrogen (secondary N) is 3. The number of piperidine rings is 1. The third-order valence-electron chi connectivity index (χ3n) is 3.96. The molecular weight excluding hydrogens is 338 g/mol. The molecule has 6 nitrogen and oxygen atoms in total. The third kappa shape index (κ3) is 5.46. The number of hydrogen-bond donors (Lipinski definition) is 3. The van der Waals surface area contributed by atoms with E-state index >= 15 is 0 Å². The monoisotopic (exact) mass is 361 g/mol. The van der Waals surface area contributed by atoms with E-state index in [4.69, 9.17) is 0 Å². The molecule has 1 amide bonds. The lowest BCUT2D eigenvalue weighted by Crippen LogP contribution is -2.30. The normalized spacial score (nSPS) is 15.7. The number of aryl methyl sites for hydroxylation is 1. The van der Waals surface area contributed by atoms with E-state index in [1.807, 2.05) is 0 Å². The summed E-state index contributed by atoms with van der Waals surface area (Å²) in [5, 5.41) is 6.07. The number of halogens is 1. The zero-order chi connectivity index (χ0) is 16.2. The summed E-state index contributed by atoms with van der Waals surface area (Å²) in [4.78, 5) is 12.3. The molecule has 0 aliphatic carbocycles. The van der Waals surface area contributed by atoms with E-state index < -0.39 is 10.0 Å². The van der Waals surface area contributed by atoms with Gasteiger partial charge in [0, 0.05) is 12.1 Å². The van der Waals surface area contributed by atoms with Gasteiger partial charge in [-0.15, -0.1) is 12.4 Å². The highest BCUT2D eigenvalue weighted by atomic mass is 35.5. The molecule has 1 fully saturated rings. The number of anilines is 1. The molecule has 1 aromatic rings. The Kier molecular flexibility index (Phi) is 7.47. The van der Waals surface area contributed by atoms with Gasteiger partial charge in [0.25, 0.3) is 0 Å². The minimum Gasteiger partial charge on any atom is -0.326 e. The van der Waals surface area contributed by atoms with Crippen molar-refractivity contribution in [1.29, 1.82) is 0 Å². The van der Waals surface area contributed by atoms with Gasteiger partial charge in [-0.1, -0.05) is 6.07 Å². The molecule has 0 saturated carbocycles. The molecule has 130 valence electrons. The van der Waals surface area contributed by atoms with Crippen LogP contribution in [0.3, 0.4) is 0 Å². The van der Waals surface area contributed by atoms with Gasteiger partial charge in [-0.25, -0.2) is 13.1 Å². The summed E-state index contributed by atoms with van der Waals surface area (Å²) in [6.45, 7) is 3.63. The average molecular weight is 362 g/mol. The molecule has 0 spiro atoms. The summed E-state index contributed by atoms with van der Waals surface area (Å²) in [5.74, 6) is 0.329. The number of carbonyl (C=O) groups excluding carboxylic acids is 1. The van der Waals surface area contributed by atoms with Gasteiger partial charge in [0.15, 0.2) is 0 Å². The van der Waals surface area contributed by atoms with E-state index in [-0.39, 0.29) is 23.2 Å². The van der Waals surface area contributed by atoms with Gasteiger partial charge in [-0.3, -0.25) is 4.79 Å². The van der Waals surface area contributed by atoms with Crippen LogP contribution in [0.1, 0.15) is 24.8 Å². The first kappa shape index (κ1) is 19.9. The lowest BCUT2D eigenvalue weighted by Gasteiger charge is -2.22.